The van der Waals surface area contributed by atoms with Crippen molar-refractivity contribution in [2.45, 2.75) is 37.8 Å². The molecule has 0 radical (unpaired) electrons. The number of rotatable bonds is 2. The van der Waals surface area contributed by atoms with Crippen LogP contribution in [-0.2, 0) is 10.3 Å². The fourth-order valence-electron chi connectivity index (χ4n) is 2.41. The molecular formula is C13H18FNO. The molecule has 1 saturated heterocycles. The second kappa shape index (κ2) is 4.52. The van der Waals surface area contributed by atoms with Gasteiger partial charge in [-0.15, -0.1) is 0 Å². The number of benzene rings is 1. The lowest BCUT2D eigenvalue weighted by molar-refractivity contribution is -0.0927. The Hall–Kier alpha value is -0.930. The van der Waals surface area contributed by atoms with Crippen molar-refractivity contribution in [1.82, 2.24) is 0 Å². The van der Waals surface area contributed by atoms with Gasteiger partial charge in [-0.1, -0.05) is 19.1 Å². The van der Waals surface area contributed by atoms with Gasteiger partial charge in [0, 0.05) is 12.6 Å². The van der Waals surface area contributed by atoms with E-state index in [-0.39, 0.29) is 17.5 Å². The summed E-state index contributed by atoms with van der Waals surface area (Å²) in [6, 6.07) is 6.81. The molecule has 2 atom stereocenters. The summed E-state index contributed by atoms with van der Waals surface area (Å²) in [6.45, 7) is 2.72. The average molecular weight is 223 g/mol. The summed E-state index contributed by atoms with van der Waals surface area (Å²) in [7, 11) is 0. The van der Waals surface area contributed by atoms with Crippen molar-refractivity contribution in [3.05, 3.63) is 35.6 Å². The molecule has 1 aromatic rings. The number of halogens is 1. The van der Waals surface area contributed by atoms with Crippen LogP contribution in [0.15, 0.2) is 24.3 Å². The first-order chi connectivity index (χ1) is 7.66. The lowest BCUT2D eigenvalue weighted by Gasteiger charge is -2.39. The largest absolute Gasteiger partial charge is 0.370 e. The van der Waals surface area contributed by atoms with Crippen LogP contribution >= 0.6 is 0 Å². The lowest BCUT2D eigenvalue weighted by Crippen LogP contribution is -2.42. The van der Waals surface area contributed by atoms with Crippen LogP contribution in [0.25, 0.3) is 0 Å². The van der Waals surface area contributed by atoms with E-state index in [1.165, 1.54) is 6.07 Å². The van der Waals surface area contributed by atoms with E-state index in [1.807, 2.05) is 6.07 Å². The van der Waals surface area contributed by atoms with E-state index in [2.05, 4.69) is 6.92 Å². The molecule has 2 nitrogen and oxygen atoms in total. The molecule has 1 aromatic carbocycles. The highest BCUT2D eigenvalue weighted by Gasteiger charge is 2.36. The molecule has 0 spiro atoms. The van der Waals surface area contributed by atoms with Gasteiger partial charge in [0.15, 0.2) is 0 Å². The van der Waals surface area contributed by atoms with E-state index in [9.17, 15) is 4.39 Å². The summed E-state index contributed by atoms with van der Waals surface area (Å²) in [5.41, 5.74) is 6.51. The van der Waals surface area contributed by atoms with Gasteiger partial charge in [0.1, 0.15) is 5.82 Å². The Kier molecular flexibility index (Phi) is 3.26. The van der Waals surface area contributed by atoms with Gasteiger partial charge in [0.25, 0.3) is 0 Å². The van der Waals surface area contributed by atoms with Crippen LogP contribution in [0.3, 0.4) is 0 Å². The Morgan fingerprint density at radius 2 is 2.38 bits per heavy atom. The van der Waals surface area contributed by atoms with Crippen LogP contribution in [0, 0.1) is 5.82 Å². The van der Waals surface area contributed by atoms with Crippen LogP contribution in [0.5, 0.6) is 0 Å². The van der Waals surface area contributed by atoms with Gasteiger partial charge >= 0.3 is 0 Å². The van der Waals surface area contributed by atoms with Gasteiger partial charge in [0.2, 0.25) is 0 Å². The van der Waals surface area contributed by atoms with Crippen molar-refractivity contribution in [2.24, 2.45) is 5.73 Å². The highest BCUT2D eigenvalue weighted by Crippen LogP contribution is 2.37. The van der Waals surface area contributed by atoms with E-state index in [0.717, 1.165) is 24.8 Å². The molecule has 1 aliphatic rings. The minimum absolute atomic E-state index is 0.150. The Labute approximate surface area is 95.6 Å². The maximum absolute atomic E-state index is 13.2. The van der Waals surface area contributed by atoms with Crippen molar-refractivity contribution in [3.63, 3.8) is 0 Å². The molecule has 1 heterocycles. The zero-order valence-corrected chi connectivity index (χ0v) is 9.58. The molecule has 2 unspecified atom stereocenters. The molecule has 1 fully saturated rings. The summed E-state index contributed by atoms with van der Waals surface area (Å²) in [5.74, 6) is -0.215. The van der Waals surface area contributed by atoms with Gasteiger partial charge in [-0.3, -0.25) is 0 Å². The second-order valence-electron chi connectivity index (χ2n) is 4.46. The number of ether oxygens (including phenoxy) is 1. The molecule has 88 valence electrons. The predicted octanol–water partition coefficient (Wildman–Crippen LogP) is 2.57. The van der Waals surface area contributed by atoms with E-state index in [4.69, 9.17) is 10.5 Å². The summed E-state index contributed by atoms with van der Waals surface area (Å²) in [5, 5.41) is 0. The molecule has 0 bridgehead atoms. The van der Waals surface area contributed by atoms with Crippen LogP contribution in [0.2, 0.25) is 0 Å². The first-order valence-corrected chi connectivity index (χ1v) is 5.82. The first kappa shape index (κ1) is 11.6. The minimum Gasteiger partial charge on any atom is -0.370 e. The Morgan fingerprint density at radius 3 is 3.00 bits per heavy atom. The first-order valence-electron chi connectivity index (χ1n) is 5.82. The molecule has 0 aliphatic carbocycles. The summed E-state index contributed by atoms with van der Waals surface area (Å²) in [4.78, 5) is 0. The third kappa shape index (κ3) is 2.11. The number of hydrogen-bond donors (Lipinski definition) is 1. The van der Waals surface area contributed by atoms with E-state index in [1.54, 1.807) is 12.1 Å². The molecule has 2 N–H and O–H groups in total. The lowest BCUT2D eigenvalue weighted by atomic mass is 9.82. The maximum Gasteiger partial charge on any atom is 0.123 e. The molecule has 2 rings (SSSR count). The van der Waals surface area contributed by atoms with Gasteiger partial charge in [-0.25, -0.2) is 4.39 Å². The zero-order valence-electron chi connectivity index (χ0n) is 9.58. The molecule has 0 saturated carbocycles. The Balaban J connectivity index is 2.33. The molecule has 1 aliphatic heterocycles. The van der Waals surface area contributed by atoms with E-state index in [0.29, 0.717) is 6.61 Å². The van der Waals surface area contributed by atoms with Crippen molar-refractivity contribution >= 4 is 0 Å². The third-order valence-electron chi connectivity index (χ3n) is 3.38. The van der Waals surface area contributed by atoms with Gasteiger partial charge in [-0.2, -0.15) is 0 Å². The molecule has 3 heteroatoms. The number of hydrogen-bond acceptors (Lipinski definition) is 2. The van der Waals surface area contributed by atoms with Crippen molar-refractivity contribution in [2.75, 3.05) is 6.61 Å². The molecule has 0 aromatic heterocycles. The molecular weight excluding hydrogens is 205 g/mol. The van der Waals surface area contributed by atoms with Crippen LogP contribution in [0.1, 0.15) is 31.7 Å². The van der Waals surface area contributed by atoms with E-state index < -0.39 is 0 Å². The topological polar surface area (TPSA) is 35.2 Å². The highest BCUT2D eigenvalue weighted by atomic mass is 19.1. The third-order valence-corrected chi connectivity index (χ3v) is 3.38. The zero-order chi connectivity index (χ0) is 11.6. The second-order valence-corrected chi connectivity index (χ2v) is 4.46. The summed E-state index contributed by atoms with van der Waals surface area (Å²) >= 11 is 0. The highest BCUT2D eigenvalue weighted by molar-refractivity contribution is 5.24. The Bertz CT molecular complexity index is 369. The average Bonchev–Trinajstić information content (AvgIpc) is 2.29. The summed E-state index contributed by atoms with van der Waals surface area (Å²) in [6.07, 6.45) is 2.48. The van der Waals surface area contributed by atoms with Crippen LogP contribution < -0.4 is 5.73 Å². The predicted molar refractivity (Wildman–Crippen MR) is 61.5 cm³/mol. The SMILES string of the molecule is CCC1(c2cccc(F)c2)CC(N)CCO1. The van der Waals surface area contributed by atoms with Gasteiger partial charge in [0.05, 0.1) is 5.60 Å². The van der Waals surface area contributed by atoms with E-state index >= 15 is 0 Å². The van der Waals surface area contributed by atoms with Crippen LogP contribution in [0.4, 0.5) is 4.39 Å². The normalized spacial score (nSPS) is 30.3. The fraction of sp³-hybridized carbons (Fsp3) is 0.538. The standard InChI is InChI=1S/C13H18FNO/c1-2-13(9-12(15)6-7-16-13)10-4-3-5-11(14)8-10/h3-5,8,12H,2,6-7,9,15H2,1H3. The fourth-order valence-corrected chi connectivity index (χ4v) is 2.41. The quantitative estimate of drug-likeness (QED) is 0.836. The van der Waals surface area contributed by atoms with Crippen molar-refractivity contribution < 1.29 is 9.13 Å². The minimum atomic E-state index is -0.389. The molecule has 0 amide bonds. The smallest absolute Gasteiger partial charge is 0.123 e. The van der Waals surface area contributed by atoms with Crippen LogP contribution in [-0.4, -0.2) is 12.6 Å². The number of nitrogens with two attached hydrogens (primary N) is 1. The van der Waals surface area contributed by atoms with Gasteiger partial charge < -0.3 is 10.5 Å². The van der Waals surface area contributed by atoms with Gasteiger partial charge in [-0.05, 0) is 37.0 Å². The summed E-state index contributed by atoms with van der Waals surface area (Å²) < 4.78 is 19.1. The molecule has 16 heavy (non-hydrogen) atoms. The maximum atomic E-state index is 13.2. The van der Waals surface area contributed by atoms with Crippen molar-refractivity contribution in [1.29, 1.82) is 0 Å². The van der Waals surface area contributed by atoms with Crippen molar-refractivity contribution in [3.8, 4) is 0 Å². The monoisotopic (exact) mass is 223 g/mol. The Morgan fingerprint density at radius 1 is 1.56 bits per heavy atom.